The summed E-state index contributed by atoms with van der Waals surface area (Å²) in [6.07, 6.45) is 0. The lowest BCUT2D eigenvalue weighted by Gasteiger charge is -2.28. The van der Waals surface area contributed by atoms with Gasteiger partial charge in [0.2, 0.25) is 0 Å². The maximum Gasteiger partial charge on any atom is 0.143 e. The van der Waals surface area contributed by atoms with Crippen LogP contribution in [0.3, 0.4) is 0 Å². The van der Waals surface area contributed by atoms with E-state index in [2.05, 4.69) is 45.1 Å². The van der Waals surface area contributed by atoms with E-state index in [0.29, 0.717) is 6.54 Å². The van der Waals surface area contributed by atoms with Crippen LogP contribution < -0.4 is 10.1 Å². The summed E-state index contributed by atoms with van der Waals surface area (Å²) < 4.78 is 5.50. The highest BCUT2D eigenvalue weighted by Crippen LogP contribution is 2.33. The highest BCUT2D eigenvalue weighted by atomic mass is 16.5. The minimum absolute atomic E-state index is 0.0841. The van der Waals surface area contributed by atoms with E-state index in [1.807, 2.05) is 0 Å². The molecule has 3 heteroatoms. The average molecular weight is 263 g/mol. The highest BCUT2D eigenvalue weighted by molar-refractivity contribution is 5.77. The quantitative estimate of drug-likeness (QED) is 0.857. The lowest BCUT2D eigenvalue weighted by molar-refractivity contribution is -0.116. The van der Waals surface area contributed by atoms with Crippen molar-refractivity contribution in [2.24, 2.45) is 0 Å². The van der Waals surface area contributed by atoms with Gasteiger partial charge in [-0.3, -0.25) is 4.79 Å². The molecule has 0 aliphatic rings. The van der Waals surface area contributed by atoms with Crippen LogP contribution in [0.1, 0.15) is 37.5 Å². The van der Waals surface area contributed by atoms with Crippen molar-refractivity contribution in [3.63, 3.8) is 0 Å². The molecule has 0 bridgehead atoms. The molecule has 1 aromatic rings. The first-order chi connectivity index (χ1) is 8.77. The van der Waals surface area contributed by atoms with Crippen molar-refractivity contribution in [1.29, 1.82) is 0 Å². The second-order valence-electron chi connectivity index (χ2n) is 5.83. The van der Waals surface area contributed by atoms with Gasteiger partial charge in [0, 0.05) is 17.5 Å². The summed E-state index contributed by atoms with van der Waals surface area (Å²) >= 11 is 0. The van der Waals surface area contributed by atoms with Crippen molar-refractivity contribution in [3.8, 4) is 5.75 Å². The Labute approximate surface area is 116 Å². The van der Waals surface area contributed by atoms with E-state index in [-0.39, 0.29) is 11.2 Å². The van der Waals surface area contributed by atoms with Gasteiger partial charge in [-0.1, -0.05) is 19.9 Å². The minimum atomic E-state index is -0.0841. The molecule has 0 fully saturated rings. The van der Waals surface area contributed by atoms with Gasteiger partial charge in [0.25, 0.3) is 0 Å². The molecule has 0 amide bonds. The summed E-state index contributed by atoms with van der Waals surface area (Å²) in [5.41, 5.74) is 3.58. The number of hydrogen-bond acceptors (Lipinski definition) is 3. The van der Waals surface area contributed by atoms with Crippen LogP contribution in [-0.2, 0) is 10.2 Å². The summed E-state index contributed by atoms with van der Waals surface area (Å²) in [4.78, 5) is 11.0. The highest BCUT2D eigenvalue weighted by Gasteiger charge is 2.25. The predicted octanol–water partition coefficient (Wildman–Crippen LogP) is 2.77. The summed E-state index contributed by atoms with van der Waals surface area (Å²) in [6, 6.07) is 4.26. The third kappa shape index (κ3) is 4.06. The van der Waals surface area contributed by atoms with Crippen LogP contribution in [0.25, 0.3) is 0 Å². The minimum Gasteiger partial charge on any atom is -0.496 e. The molecule has 3 nitrogen and oxygen atoms in total. The SMILES string of the molecule is COc1cc(C)c(C)cc1C(C)(C)CNCC(C)=O. The number of nitrogens with one attached hydrogen (secondary N) is 1. The molecule has 0 aromatic heterocycles. The lowest BCUT2D eigenvalue weighted by atomic mass is 9.82. The number of Topliss-reactive ketones (excluding diaryl/α,β-unsaturated/α-hetero) is 1. The lowest BCUT2D eigenvalue weighted by Crippen LogP contribution is -2.35. The van der Waals surface area contributed by atoms with Crippen molar-refractivity contribution < 1.29 is 9.53 Å². The van der Waals surface area contributed by atoms with Crippen LogP contribution in [0.15, 0.2) is 12.1 Å². The number of hydrogen-bond donors (Lipinski definition) is 1. The van der Waals surface area contributed by atoms with Crippen LogP contribution >= 0.6 is 0 Å². The van der Waals surface area contributed by atoms with Crippen molar-refractivity contribution in [3.05, 3.63) is 28.8 Å². The van der Waals surface area contributed by atoms with Gasteiger partial charge in [-0.25, -0.2) is 0 Å². The van der Waals surface area contributed by atoms with Gasteiger partial charge in [-0.15, -0.1) is 0 Å². The molecule has 0 unspecified atom stereocenters. The zero-order chi connectivity index (χ0) is 14.6. The molecule has 106 valence electrons. The molecule has 0 atom stereocenters. The van der Waals surface area contributed by atoms with E-state index in [1.165, 1.54) is 16.7 Å². The zero-order valence-electron chi connectivity index (χ0n) is 12.9. The summed E-state index contributed by atoms with van der Waals surface area (Å²) in [6.45, 7) is 11.3. The standard InChI is InChI=1S/C16H25NO2/c1-11-7-14(15(19-6)8-12(11)2)16(4,5)10-17-9-13(3)18/h7-8,17H,9-10H2,1-6H3. The van der Waals surface area contributed by atoms with Gasteiger partial charge in [0.1, 0.15) is 11.5 Å². The Kier molecular flexibility index (Phi) is 5.12. The monoisotopic (exact) mass is 263 g/mol. The Hall–Kier alpha value is -1.35. The maximum atomic E-state index is 11.0. The summed E-state index contributed by atoms with van der Waals surface area (Å²) in [5, 5.41) is 3.20. The molecular weight excluding hydrogens is 238 g/mol. The first-order valence-electron chi connectivity index (χ1n) is 6.64. The fraction of sp³-hybridized carbons (Fsp3) is 0.562. The number of aryl methyl sites for hydroxylation is 2. The molecule has 1 N–H and O–H groups in total. The van der Waals surface area contributed by atoms with Gasteiger partial charge >= 0.3 is 0 Å². The number of rotatable bonds is 6. The molecule has 19 heavy (non-hydrogen) atoms. The van der Waals surface area contributed by atoms with Gasteiger partial charge in [0.15, 0.2) is 0 Å². The number of ketones is 1. The maximum absolute atomic E-state index is 11.0. The Morgan fingerprint density at radius 1 is 1.26 bits per heavy atom. The fourth-order valence-electron chi connectivity index (χ4n) is 2.13. The van der Waals surface area contributed by atoms with Crippen molar-refractivity contribution in [2.75, 3.05) is 20.2 Å². The van der Waals surface area contributed by atoms with Gasteiger partial charge in [-0.2, -0.15) is 0 Å². The van der Waals surface area contributed by atoms with Crippen LogP contribution in [0.4, 0.5) is 0 Å². The molecule has 1 aromatic carbocycles. The van der Waals surface area contributed by atoms with Crippen LogP contribution in [-0.4, -0.2) is 26.0 Å². The Morgan fingerprint density at radius 2 is 1.84 bits per heavy atom. The number of benzene rings is 1. The summed E-state index contributed by atoms with van der Waals surface area (Å²) in [7, 11) is 1.70. The number of ether oxygens (including phenoxy) is 1. The van der Waals surface area contributed by atoms with E-state index in [9.17, 15) is 4.79 Å². The number of carbonyl (C=O) groups is 1. The first kappa shape index (κ1) is 15.7. The second kappa shape index (κ2) is 6.20. The second-order valence-corrected chi connectivity index (χ2v) is 5.83. The smallest absolute Gasteiger partial charge is 0.143 e. The predicted molar refractivity (Wildman–Crippen MR) is 79.0 cm³/mol. The molecule has 0 spiro atoms. The summed E-state index contributed by atoms with van der Waals surface area (Å²) in [5.74, 6) is 1.07. The van der Waals surface area contributed by atoms with E-state index < -0.39 is 0 Å². The molecular formula is C16H25NO2. The van der Waals surface area contributed by atoms with Crippen molar-refractivity contribution >= 4 is 5.78 Å². The largest absolute Gasteiger partial charge is 0.496 e. The van der Waals surface area contributed by atoms with Gasteiger partial charge in [0.05, 0.1) is 13.7 Å². The Bertz CT molecular complexity index is 464. The van der Waals surface area contributed by atoms with Crippen molar-refractivity contribution in [2.45, 2.75) is 40.0 Å². The Balaban J connectivity index is 2.99. The fourth-order valence-corrected chi connectivity index (χ4v) is 2.13. The number of methoxy groups -OCH3 is 1. The average Bonchev–Trinajstić information content (AvgIpc) is 2.31. The molecule has 0 saturated carbocycles. The topological polar surface area (TPSA) is 38.3 Å². The van der Waals surface area contributed by atoms with E-state index in [1.54, 1.807) is 14.0 Å². The van der Waals surface area contributed by atoms with Crippen LogP contribution in [0.5, 0.6) is 5.75 Å². The van der Waals surface area contributed by atoms with Crippen LogP contribution in [0, 0.1) is 13.8 Å². The third-order valence-electron chi connectivity index (χ3n) is 3.49. The van der Waals surface area contributed by atoms with E-state index in [4.69, 9.17) is 4.74 Å². The zero-order valence-corrected chi connectivity index (χ0v) is 12.9. The van der Waals surface area contributed by atoms with Gasteiger partial charge < -0.3 is 10.1 Å². The first-order valence-corrected chi connectivity index (χ1v) is 6.64. The van der Waals surface area contributed by atoms with E-state index >= 15 is 0 Å². The molecule has 0 radical (unpaired) electrons. The molecule has 1 rings (SSSR count). The molecule has 0 aliphatic heterocycles. The van der Waals surface area contributed by atoms with Crippen LogP contribution in [0.2, 0.25) is 0 Å². The molecule has 0 heterocycles. The normalized spacial score (nSPS) is 11.5. The Morgan fingerprint density at radius 3 is 2.37 bits per heavy atom. The molecule has 0 saturated heterocycles. The number of carbonyl (C=O) groups excluding carboxylic acids is 1. The van der Waals surface area contributed by atoms with Crippen molar-refractivity contribution in [1.82, 2.24) is 5.32 Å². The van der Waals surface area contributed by atoms with Gasteiger partial charge in [-0.05, 0) is 38.0 Å². The van der Waals surface area contributed by atoms with E-state index in [0.717, 1.165) is 12.3 Å². The third-order valence-corrected chi connectivity index (χ3v) is 3.49. The molecule has 0 aliphatic carbocycles.